The van der Waals surface area contributed by atoms with Gasteiger partial charge in [0.2, 0.25) is 5.43 Å². The molecule has 1 aliphatic rings. The molecule has 200 valence electrons. The first kappa shape index (κ1) is 24.7. The highest BCUT2D eigenvalue weighted by atomic mass is 19.2. The number of aromatic amines is 1. The van der Waals surface area contributed by atoms with Crippen LogP contribution < -0.4 is 21.0 Å². The van der Waals surface area contributed by atoms with Gasteiger partial charge in [0.25, 0.3) is 0 Å². The van der Waals surface area contributed by atoms with Gasteiger partial charge in [-0.2, -0.15) is 0 Å². The van der Waals surface area contributed by atoms with Crippen molar-refractivity contribution in [2.24, 2.45) is 0 Å². The molecule has 12 heteroatoms. The topological polar surface area (TPSA) is 128 Å². The molecule has 6 rings (SSSR count). The molecule has 1 saturated heterocycles. The number of carbonyl (C=O) groups is 1. The zero-order chi connectivity index (χ0) is 27.6. The largest absolute Gasteiger partial charge is 0.477 e. The van der Waals surface area contributed by atoms with Crippen LogP contribution in [0.3, 0.4) is 0 Å². The molecule has 4 aromatic heterocycles. The molecule has 5 heterocycles. The molecule has 0 bridgehead atoms. The Bertz CT molecular complexity index is 1870. The van der Waals surface area contributed by atoms with E-state index in [1.165, 1.54) is 13.2 Å². The maximum absolute atomic E-state index is 14.6. The Morgan fingerprint density at radius 2 is 2.00 bits per heavy atom. The normalized spacial score (nSPS) is 15.5. The number of H-pyrrole nitrogens is 1. The van der Waals surface area contributed by atoms with Crippen LogP contribution in [0.2, 0.25) is 0 Å². The van der Waals surface area contributed by atoms with Crippen molar-refractivity contribution in [2.45, 2.75) is 12.5 Å². The summed E-state index contributed by atoms with van der Waals surface area (Å²) in [4.78, 5) is 39.3. The highest BCUT2D eigenvalue weighted by molar-refractivity contribution is 6.17. The van der Waals surface area contributed by atoms with Gasteiger partial charge in [0, 0.05) is 68.8 Å². The van der Waals surface area contributed by atoms with E-state index in [-0.39, 0.29) is 22.7 Å². The van der Waals surface area contributed by atoms with E-state index in [9.17, 15) is 23.5 Å². The van der Waals surface area contributed by atoms with Crippen molar-refractivity contribution >= 4 is 50.3 Å². The average Bonchev–Trinajstić information content (AvgIpc) is 3.57. The minimum Gasteiger partial charge on any atom is -0.477 e. The number of carboxylic acids is 1. The van der Waals surface area contributed by atoms with Crippen molar-refractivity contribution in [1.29, 1.82) is 0 Å². The lowest BCUT2D eigenvalue weighted by atomic mass is 10.0. The van der Waals surface area contributed by atoms with Gasteiger partial charge in [-0.25, -0.2) is 23.5 Å². The fraction of sp³-hybridized carbons (Fsp3) is 0.259. The number of hydrogen-bond acceptors (Lipinski definition) is 7. The van der Waals surface area contributed by atoms with E-state index in [1.54, 1.807) is 23.0 Å². The number of aromatic nitrogens is 4. The number of rotatable bonds is 5. The summed E-state index contributed by atoms with van der Waals surface area (Å²) in [6, 6.07) is 2.72. The number of anilines is 2. The molecule has 0 aliphatic carbocycles. The molecule has 39 heavy (non-hydrogen) atoms. The smallest absolute Gasteiger partial charge is 0.341 e. The molecule has 1 fully saturated rings. The van der Waals surface area contributed by atoms with E-state index in [0.717, 1.165) is 19.0 Å². The summed E-state index contributed by atoms with van der Waals surface area (Å²) >= 11 is 0. The van der Waals surface area contributed by atoms with Crippen LogP contribution in [0, 0.1) is 11.6 Å². The summed E-state index contributed by atoms with van der Waals surface area (Å²) in [5.74, 6) is -3.30. The average molecular weight is 534 g/mol. The van der Waals surface area contributed by atoms with Gasteiger partial charge in [0.05, 0.1) is 27.7 Å². The molecule has 1 aromatic carbocycles. The highest BCUT2D eigenvalue weighted by Crippen LogP contribution is 2.42. The predicted molar refractivity (Wildman–Crippen MR) is 146 cm³/mol. The molecular weight excluding hydrogens is 508 g/mol. The third-order valence-electron chi connectivity index (χ3n) is 7.32. The van der Waals surface area contributed by atoms with Gasteiger partial charge in [-0.05, 0) is 25.1 Å². The maximum atomic E-state index is 14.6. The van der Waals surface area contributed by atoms with Gasteiger partial charge in [0.15, 0.2) is 11.6 Å². The maximum Gasteiger partial charge on any atom is 0.341 e. The van der Waals surface area contributed by atoms with Crippen LogP contribution in [0.15, 0.2) is 35.5 Å². The summed E-state index contributed by atoms with van der Waals surface area (Å²) in [7, 11) is 5.13. The number of benzene rings is 1. The van der Waals surface area contributed by atoms with E-state index in [0.29, 0.717) is 50.9 Å². The summed E-state index contributed by atoms with van der Waals surface area (Å²) in [5, 5.41) is 16.9. The lowest BCUT2D eigenvalue weighted by Gasteiger charge is -2.20. The van der Waals surface area contributed by atoms with Crippen LogP contribution in [-0.2, 0) is 0 Å². The molecule has 0 amide bonds. The fourth-order valence-electron chi connectivity index (χ4n) is 5.52. The Balaban J connectivity index is 1.66. The fourth-order valence-corrected chi connectivity index (χ4v) is 5.52. The van der Waals surface area contributed by atoms with Gasteiger partial charge < -0.3 is 30.2 Å². The first-order valence-corrected chi connectivity index (χ1v) is 12.4. The second-order valence-corrected chi connectivity index (χ2v) is 9.81. The Labute approximate surface area is 220 Å². The van der Waals surface area contributed by atoms with Crippen molar-refractivity contribution in [3.63, 3.8) is 0 Å². The van der Waals surface area contributed by atoms with E-state index in [1.807, 2.05) is 19.0 Å². The third-order valence-corrected chi connectivity index (χ3v) is 7.32. The Morgan fingerprint density at radius 1 is 1.21 bits per heavy atom. The van der Waals surface area contributed by atoms with Crippen molar-refractivity contribution in [3.8, 4) is 11.1 Å². The molecule has 0 saturated carbocycles. The minimum absolute atomic E-state index is 0.00946. The number of carboxylic acid groups (broad SMARTS) is 1. The number of hydrogen-bond donors (Lipinski definition) is 4. The van der Waals surface area contributed by atoms with Gasteiger partial charge in [-0.3, -0.25) is 4.79 Å². The predicted octanol–water partition coefficient (Wildman–Crippen LogP) is 3.71. The molecule has 1 aliphatic heterocycles. The van der Waals surface area contributed by atoms with Gasteiger partial charge in [-0.1, -0.05) is 0 Å². The summed E-state index contributed by atoms with van der Waals surface area (Å²) in [5.41, 5.74) is 1.99. The number of fused-ring (bicyclic) bond motifs is 4. The number of aromatic carboxylic acids is 1. The van der Waals surface area contributed by atoms with Crippen molar-refractivity contribution in [3.05, 3.63) is 58.1 Å². The number of nitrogens with one attached hydrogen (secondary N) is 3. The van der Waals surface area contributed by atoms with Crippen LogP contribution in [0.25, 0.3) is 44.1 Å². The lowest BCUT2D eigenvalue weighted by Crippen LogP contribution is -2.23. The highest BCUT2D eigenvalue weighted by Gasteiger charge is 2.25. The van der Waals surface area contributed by atoms with Crippen LogP contribution >= 0.6 is 0 Å². The van der Waals surface area contributed by atoms with Gasteiger partial charge >= 0.3 is 5.97 Å². The van der Waals surface area contributed by atoms with E-state index < -0.39 is 23.0 Å². The quantitative estimate of drug-likeness (QED) is 0.269. The standard InChI is InChI=1S/C27H25F2N7O3/c1-30-22-20(29)18(28)7-14-19-23(35(2)3)16(10-32-25(19)34-21(14)22)12-6-15-24(37)17(27(38)39)11-36(26(15)33-8-12)13-4-5-31-9-13/h6-8,10-11,13,30-31H,4-5,9H2,1-3H3,(H,32,34)(H,38,39). The summed E-state index contributed by atoms with van der Waals surface area (Å²) in [6.07, 6.45) is 5.36. The summed E-state index contributed by atoms with van der Waals surface area (Å²) in [6.45, 7) is 1.42. The Hall–Kier alpha value is -4.58. The lowest BCUT2D eigenvalue weighted by molar-refractivity contribution is 0.0694. The Kier molecular flexibility index (Phi) is 5.72. The zero-order valence-electron chi connectivity index (χ0n) is 21.4. The van der Waals surface area contributed by atoms with Gasteiger partial charge in [0.1, 0.15) is 16.9 Å². The monoisotopic (exact) mass is 533 g/mol. The first-order valence-electron chi connectivity index (χ1n) is 12.4. The molecular formula is C27H25F2N7O3. The van der Waals surface area contributed by atoms with Crippen LogP contribution in [0.1, 0.15) is 22.8 Å². The Morgan fingerprint density at radius 3 is 2.67 bits per heavy atom. The molecule has 0 spiro atoms. The van der Waals surface area contributed by atoms with Crippen LogP contribution in [0.5, 0.6) is 0 Å². The van der Waals surface area contributed by atoms with E-state index in [2.05, 4.69) is 25.6 Å². The van der Waals surface area contributed by atoms with E-state index in [4.69, 9.17) is 0 Å². The molecule has 10 nitrogen and oxygen atoms in total. The van der Waals surface area contributed by atoms with E-state index >= 15 is 0 Å². The second-order valence-electron chi connectivity index (χ2n) is 9.81. The summed E-state index contributed by atoms with van der Waals surface area (Å²) < 4.78 is 30.9. The molecule has 1 unspecified atom stereocenters. The molecule has 5 aromatic rings. The van der Waals surface area contributed by atoms with Crippen LogP contribution in [0.4, 0.5) is 20.2 Å². The van der Waals surface area contributed by atoms with Crippen molar-refractivity contribution in [1.82, 2.24) is 24.8 Å². The SMILES string of the molecule is CNc1c(F)c(F)cc2c1[nH]c1ncc(-c3cnc4c(c3)c(=O)c(C(=O)O)cn4C3CCNC3)c(N(C)C)c12. The van der Waals surface area contributed by atoms with Gasteiger partial charge in [-0.15, -0.1) is 0 Å². The molecule has 4 N–H and O–H groups in total. The second kappa shape index (κ2) is 9.02. The third kappa shape index (κ3) is 3.70. The molecule has 1 atom stereocenters. The number of pyridine rings is 3. The number of nitrogens with zero attached hydrogens (tertiary/aromatic N) is 4. The molecule has 0 radical (unpaired) electrons. The van der Waals surface area contributed by atoms with Crippen LogP contribution in [-0.4, -0.2) is 64.8 Å². The zero-order valence-corrected chi connectivity index (χ0v) is 21.4. The number of halogens is 2. The first-order chi connectivity index (χ1) is 18.7. The van der Waals surface area contributed by atoms with Crippen molar-refractivity contribution < 1.29 is 18.7 Å². The minimum atomic E-state index is -1.31. The van der Waals surface area contributed by atoms with Crippen molar-refractivity contribution in [2.75, 3.05) is 44.4 Å².